The van der Waals surface area contributed by atoms with Crippen LogP contribution < -0.4 is 0 Å². The lowest BCUT2D eigenvalue weighted by Gasteiger charge is -2.22. The van der Waals surface area contributed by atoms with E-state index in [1.165, 1.54) is 0 Å². The van der Waals surface area contributed by atoms with Gasteiger partial charge in [-0.1, -0.05) is 5.21 Å². The van der Waals surface area contributed by atoms with Gasteiger partial charge in [0.15, 0.2) is 0 Å². The Morgan fingerprint density at radius 1 is 1.73 bits per heavy atom. The zero-order valence-corrected chi connectivity index (χ0v) is 8.97. The molecular weight excluding hydrogens is 194 g/mol. The minimum absolute atomic E-state index is 0.303. The van der Waals surface area contributed by atoms with Crippen LogP contribution in [-0.4, -0.2) is 26.1 Å². The Kier molecular flexibility index (Phi) is 2.25. The van der Waals surface area contributed by atoms with Gasteiger partial charge in [-0.25, -0.2) is 0 Å². The van der Waals surface area contributed by atoms with Crippen molar-refractivity contribution in [1.82, 2.24) is 15.0 Å². The van der Waals surface area contributed by atoms with Gasteiger partial charge in [0.05, 0.1) is 11.1 Å². The molecule has 0 saturated heterocycles. The molecule has 15 heavy (non-hydrogen) atoms. The molecule has 5 heteroatoms. The number of aliphatic carboxylic acids is 1. The highest BCUT2D eigenvalue weighted by molar-refractivity contribution is 5.75. The monoisotopic (exact) mass is 209 g/mol. The van der Waals surface area contributed by atoms with E-state index in [-0.39, 0.29) is 0 Å². The van der Waals surface area contributed by atoms with Crippen LogP contribution in [0.15, 0.2) is 6.20 Å². The molecule has 1 unspecified atom stereocenters. The zero-order chi connectivity index (χ0) is 11.1. The Labute approximate surface area is 88.1 Å². The van der Waals surface area contributed by atoms with E-state index in [1.807, 2.05) is 6.92 Å². The molecule has 1 aromatic rings. The predicted molar refractivity (Wildman–Crippen MR) is 53.2 cm³/mol. The van der Waals surface area contributed by atoms with Gasteiger partial charge in [-0.15, -0.1) is 5.10 Å². The van der Waals surface area contributed by atoms with Crippen molar-refractivity contribution in [3.05, 3.63) is 11.9 Å². The Bertz CT molecular complexity index is 384. The maximum Gasteiger partial charge on any atom is 0.310 e. The average Bonchev–Trinajstić information content (AvgIpc) is 2.92. The number of hydrogen-bond acceptors (Lipinski definition) is 3. The van der Waals surface area contributed by atoms with Crippen molar-refractivity contribution in [3.8, 4) is 0 Å². The van der Waals surface area contributed by atoms with E-state index >= 15 is 0 Å². The fourth-order valence-electron chi connectivity index (χ4n) is 1.97. The molecule has 1 saturated carbocycles. The van der Waals surface area contributed by atoms with Crippen molar-refractivity contribution in [2.45, 2.75) is 26.2 Å². The van der Waals surface area contributed by atoms with Crippen LogP contribution in [0.25, 0.3) is 0 Å². The first-order valence-corrected chi connectivity index (χ1v) is 5.11. The molecule has 82 valence electrons. The number of carbonyl (C=O) groups is 1. The van der Waals surface area contributed by atoms with Gasteiger partial charge >= 0.3 is 5.97 Å². The SMILES string of the molecule is Cn1cc(CC(C)(C(=O)O)C2CC2)nn1. The number of carboxylic acid groups (broad SMARTS) is 1. The largest absolute Gasteiger partial charge is 0.481 e. The van der Waals surface area contributed by atoms with Gasteiger partial charge in [-0.2, -0.15) is 0 Å². The van der Waals surface area contributed by atoms with Crippen LogP contribution in [0, 0.1) is 11.3 Å². The number of rotatable bonds is 4. The molecule has 0 aliphatic heterocycles. The molecule has 0 amide bonds. The molecule has 1 aliphatic carbocycles. The molecule has 1 N–H and O–H groups in total. The summed E-state index contributed by atoms with van der Waals surface area (Å²) in [6.45, 7) is 1.81. The highest BCUT2D eigenvalue weighted by Gasteiger charge is 2.47. The van der Waals surface area contributed by atoms with E-state index in [1.54, 1.807) is 17.9 Å². The summed E-state index contributed by atoms with van der Waals surface area (Å²) >= 11 is 0. The topological polar surface area (TPSA) is 68.0 Å². The Morgan fingerprint density at radius 3 is 2.80 bits per heavy atom. The van der Waals surface area contributed by atoms with Crippen molar-refractivity contribution in [2.24, 2.45) is 18.4 Å². The summed E-state index contributed by atoms with van der Waals surface area (Å²) in [6.07, 6.45) is 4.29. The number of aromatic nitrogens is 3. The summed E-state index contributed by atoms with van der Waals surface area (Å²) in [4.78, 5) is 11.3. The maximum absolute atomic E-state index is 11.3. The van der Waals surface area contributed by atoms with Gasteiger partial charge in [-0.05, 0) is 25.7 Å². The molecule has 0 radical (unpaired) electrons. The number of aryl methyl sites for hydroxylation is 1. The summed E-state index contributed by atoms with van der Waals surface area (Å²) in [7, 11) is 1.78. The predicted octanol–water partition coefficient (Wildman–Crippen LogP) is 0.859. The second-order valence-corrected chi connectivity index (χ2v) is 4.56. The van der Waals surface area contributed by atoms with Gasteiger partial charge < -0.3 is 5.11 Å². The molecule has 1 aliphatic rings. The summed E-state index contributed by atoms with van der Waals surface area (Å²) in [5, 5.41) is 17.0. The molecule has 0 spiro atoms. The quantitative estimate of drug-likeness (QED) is 0.798. The lowest BCUT2D eigenvalue weighted by Crippen LogP contribution is -2.32. The van der Waals surface area contributed by atoms with Gasteiger partial charge in [0.1, 0.15) is 0 Å². The van der Waals surface area contributed by atoms with Crippen LogP contribution in [0.1, 0.15) is 25.5 Å². The summed E-state index contributed by atoms with van der Waals surface area (Å²) in [6, 6.07) is 0. The van der Waals surface area contributed by atoms with E-state index in [0.717, 1.165) is 18.5 Å². The van der Waals surface area contributed by atoms with Gasteiger partial charge in [0, 0.05) is 19.7 Å². The second-order valence-electron chi connectivity index (χ2n) is 4.56. The molecule has 1 aromatic heterocycles. The van der Waals surface area contributed by atoms with Crippen molar-refractivity contribution in [3.63, 3.8) is 0 Å². The Morgan fingerprint density at radius 2 is 2.40 bits per heavy atom. The first-order valence-electron chi connectivity index (χ1n) is 5.11. The minimum atomic E-state index is -0.726. The fraction of sp³-hybridized carbons (Fsp3) is 0.700. The summed E-state index contributed by atoms with van der Waals surface area (Å²) < 4.78 is 1.60. The van der Waals surface area contributed by atoms with E-state index in [4.69, 9.17) is 0 Å². The van der Waals surface area contributed by atoms with Crippen molar-refractivity contribution in [2.75, 3.05) is 0 Å². The van der Waals surface area contributed by atoms with Crippen LogP contribution in [0.5, 0.6) is 0 Å². The molecule has 0 aromatic carbocycles. The van der Waals surface area contributed by atoms with Crippen molar-refractivity contribution in [1.29, 1.82) is 0 Å². The number of carboxylic acids is 1. The Balaban J connectivity index is 2.16. The van der Waals surface area contributed by atoms with Crippen LogP contribution in [0.2, 0.25) is 0 Å². The van der Waals surface area contributed by atoms with Crippen LogP contribution in [0.4, 0.5) is 0 Å². The molecule has 5 nitrogen and oxygen atoms in total. The zero-order valence-electron chi connectivity index (χ0n) is 8.97. The third-order valence-corrected chi connectivity index (χ3v) is 3.17. The standard InChI is InChI=1S/C10H15N3O2/c1-10(9(14)15,7-3-4-7)5-8-6-13(2)12-11-8/h6-7H,3-5H2,1-2H3,(H,14,15). The smallest absolute Gasteiger partial charge is 0.310 e. The Hall–Kier alpha value is -1.39. The third kappa shape index (κ3) is 1.86. The van der Waals surface area contributed by atoms with Gasteiger partial charge in [0.2, 0.25) is 0 Å². The van der Waals surface area contributed by atoms with Crippen molar-refractivity contribution < 1.29 is 9.90 Å². The molecular formula is C10H15N3O2. The molecule has 2 rings (SSSR count). The molecule has 1 atom stereocenters. The normalized spacial score (nSPS) is 19.9. The lowest BCUT2D eigenvalue weighted by molar-refractivity contribution is -0.149. The van der Waals surface area contributed by atoms with Gasteiger partial charge in [-0.3, -0.25) is 9.48 Å². The molecule has 1 fully saturated rings. The lowest BCUT2D eigenvalue weighted by atomic mass is 9.80. The van der Waals surface area contributed by atoms with E-state index in [2.05, 4.69) is 10.3 Å². The second kappa shape index (κ2) is 3.32. The highest BCUT2D eigenvalue weighted by Crippen LogP contribution is 2.47. The van der Waals surface area contributed by atoms with E-state index in [9.17, 15) is 9.90 Å². The van der Waals surface area contributed by atoms with Crippen LogP contribution in [-0.2, 0) is 18.3 Å². The molecule has 1 heterocycles. The van der Waals surface area contributed by atoms with Crippen LogP contribution in [0.3, 0.4) is 0 Å². The van der Waals surface area contributed by atoms with E-state index < -0.39 is 11.4 Å². The maximum atomic E-state index is 11.3. The summed E-state index contributed by atoms with van der Waals surface area (Å²) in [5.74, 6) is -0.423. The first kappa shape index (κ1) is 10.1. The van der Waals surface area contributed by atoms with Crippen LogP contribution >= 0.6 is 0 Å². The summed E-state index contributed by atoms with van der Waals surface area (Å²) in [5.41, 5.74) is 0.0880. The fourth-order valence-corrected chi connectivity index (χ4v) is 1.97. The molecule has 0 bridgehead atoms. The highest BCUT2D eigenvalue weighted by atomic mass is 16.4. The number of hydrogen-bond donors (Lipinski definition) is 1. The number of nitrogens with zero attached hydrogens (tertiary/aromatic N) is 3. The first-order chi connectivity index (χ1) is 7.02. The van der Waals surface area contributed by atoms with E-state index in [0.29, 0.717) is 12.3 Å². The third-order valence-electron chi connectivity index (χ3n) is 3.17. The average molecular weight is 209 g/mol. The minimum Gasteiger partial charge on any atom is -0.481 e. The van der Waals surface area contributed by atoms with Crippen molar-refractivity contribution >= 4 is 5.97 Å². The van der Waals surface area contributed by atoms with Gasteiger partial charge in [0.25, 0.3) is 0 Å².